The van der Waals surface area contributed by atoms with Gasteiger partial charge in [0, 0.05) is 17.1 Å². The molecule has 2 aromatic rings. The predicted octanol–water partition coefficient (Wildman–Crippen LogP) is 1.39. The zero-order chi connectivity index (χ0) is 21.4. The third-order valence-electron chi connectivity index (χ3n) is 4.26. The van der Waals surface area contributed by atoms with Gasteiger partial charge in [-0.05, 0) is 23.8 Å². The summed E-state index contributed by atoms with van der Waals surface area (Å²) in [6, 6.07) is 10.5. The number of amides is 3. The van der Waals surface area contributed by atoms with Crippen LogP contribution in [0.3, 0.4) is 0 Å². The lowest BCUT2D eigenvalue weighted by Crippen LogP contribution is -2.46. The van der Waals surface area contributed by atoms with Crippen molar-refractivity contribution in [2.75, 3.05) is 25.5 Å². The summed E-state index contributed by atoms with van der Waals surface area (Å²) in [7, 11) is 1.56. The highest BCUT2D eigenvalue weighted by Crippen LogP contribution is 2.29. The van der Waals surface area contributed by atoms with Crippen LogP contribution < -0.4 is 26.4 Å². The number of hydrogen-bond acceptors (Lipinski definition) is 5. The van der Waals surface area contributed by atoms with Crippen LogP contribution in [0.2, 0.25) is 0 Å². The molecule has 1 atom stereocenters. The summed E-state index contributed by atoms with van der Waals surface area (Å²) < 4.78 is 5.37. The fourth-order valence-electron chi connectivity index (χ4n) is 2.88. The average molecular weight is 400 g/mol. The normalized spacial score (nSPS) is 11.8. The Labute approximate surface area is 170 Å². The van der Waals surface area contributed by atoms with Crippen LogP contribution >= 0.6 is 0 Å². The van der Waals surface area contributed by atoms with Crippen molar-refractivity contribution < 1.29 is 19.1 Å². The monoisotopic (exact) mass is 400 g/mol. The molecule has 0 spiro atoms. The van der Waals surface area contributed by atoms with Gasteiger partial charge in [0.15, 0.2) is 0 Å². The minimum Gasteiger partial charge on any atom is -0.496 e. The standard InChI is InChI=1S/C21H28N4O4/c1-13(2)8-17(22)21(28)24-11-19(26)23-12-20(27)25-15-9-14-6-4-5-7-16(14)18(10-15)29-3/h4-7,9-10,13,17H,8,11-12,22H2,1-3H3,(H,23,26)(H,24,28)(H,25,27)/t17-/m0/s1. The van der Waals surface area contributed by atoms with Crippen LogP contribution in [-0.4, -0.2) is 44.0 Å². The van der Waals surface area contributed by atoms with Crippen LogP contribution in [0.25, 0.3) is 10.8 Å². The van der Waals surface area contributed by atoms with Crippen molar-refractivity contribution in [3.05, 3.63) is 36.4 Å². The van der Waals surface area contributed by atoms with E-state index in [9.17, 15) is 14.4 Å². The Morgan fingerprint density at radius 3 is 2.41 bits per heavy atom. The zero-order valence-electron chi connectivity index (χ0n) is 17.0. The van der Waals surface area contributed by atoms with E-state index in [-0.39, 0.29) is 24.9 Å². The number of nitrogens with two attached hydrogens (primary N) is 1. The molecule has 0 aliphatic rings. The molecule has 2 aromatic carbocycles. The molecular weight excluding hydrogens is 372 g/mol. The van der Waals surface area contributed by atoms with E-state index in [1.54, 1.807) is 13.2 Å². The molecule has 3 amide bonds. The van der Waals surface area contributed by atoms with Crippen molar-refractivity contribution in [1.82, 2.24) is 10.6 Å². The number of rotatable bonds is 9. The van der Waals surface area contributed by atoms with Gasteiger partial charge >= 0.3 is 0 Å². The Morgan fingerprint density at radius 2 is 1.72 bits per heavy atom. The molecule has 2 rings (SSSR count). The number of carbonyl (C=O) groups excluding carboxylic acids is 3. The average Bonchev–Trinajstić information content (AvgIpc) is 2.69. The highest BCUT2D eigenvalue weighted by atomic mass is 16.5. The molecule has 29 heavy (non-hydrogen) atoms. The third kappa shape index (κ3) is 6.76. The van der Waals surface area contributed by atoms with E-state index in [0.717, 1.165) is 10.8 Å². The number of benzene rings is 2. The Morgan fingerprint density at radius 1 is 1.03 bits per heavy atom. The van der Waals surface area contributed by atoms with E-state index in [1.165, 1.54) is 0 Å². The Balaban J connectivity index is 1.83. The maximum Gasteiger partial charge on any atom is 0.243 e. The molecule has 0 fully saturated rings. The first-order valence-electron chi connectivity index (χ1n) is 9.46. The number of hydrogen-bond donors (Lipinski definition) is 4. The van der Waals surface area contributed by atoms with Crippen LogP contribution in [0.4, 0.5) is 5.69 Å². The molecule has 8 heteroatoms. The molecule has 0 aromatic heterocycles. The van der Waals surface area contributed by atoms with Gasteiger partial charge in [0.1, 0.15) is 5.75 Å². The molecule has 0 unspecified atom stereocenters. The molecule has 0 aliphatic heterocycles. The summed E-state index contributed by atoms with van der Waals surface area (Å²) in [6.07, 6.45) is 0.533. The van der Waals surface area contributed by atoms with E-state index in [4.69, 9.17) is 10.5 Å². The van der Waals surface area contributed by atoms with Crippen LogP contribution in [0.5, 0.6) is 5.75 Å². The Bertz CT molecular complexity index is 882. The fourth-order valence-corrected chi connectivity index (χ4v) is 2.88. The molecule has 5 N–H and O–H groups in total. The van der Waals surface area contributed by atoms with Crippen molar-refractivity contribution >= 4 is 34.2 Å². The highest BCUT2D eigenvalue weighted by molar-refractivity contribution is 5.99. The summed E-state index contributed by atoms with van der Waals surface area (Å²) in [5.74, 6) is -0.327. The van der Waals surface area contributed by atoms with Gasteiger partial charge in [-0.25, -0.2) is 0 Å². The molecule has 0 radical (unpaired) electrons. The third-order valence-corrected chi connectivity index (χ3v) is 4.26. The quantitative estimate of drug-likeness (QED) is 0.507. The molecule has 156 valence electrons. The molecule has 0 bridgehead atoms. The van der Waals surface area contributed by atoms with Gasteiger partial charge in [-0.15, -0.1) is 0 Å². The number of methoxy groups -OCH3 is 1. The van der Waals surface area contributed by atoms with Crippen LogP contribution in [-0.2, 0) is 14.4 Å². The van der Waals surface area contributed by atoms with Crippen molar-refractivity contribution in [3.63, 3.8) is 0 Å². The van der Waals surface area contributed by atoms with E-state index < -0.39 is 17.9 Å². The lowest BCUT2D eigenvalue weighted by Gasteiger charge is -2.14. The minimum absolute atomic E-state index is 0.220. The SMILES string of the molecule is COc1cc(NC(=O)CNC(=O)CNC(=O)[C@@H](N)CC(C)C)cc2ccccc12. The highest BCUT2D eigenvalue weighted by Gasteiger charge is 2.16. The molecule has 8 nitrogen and oxygen atoms in total. The van der Waals surface area contributed by atoms with Crippen molar-refractivity contribution in [2.45, 2.75) is 26.3 Å². The van der Waals surface area contributed by atoms with Crippen molar-refractivity contribution in [1.29, 1.82) is 0 Å². The van der Waals surface area contributed by atoms with Crippen molar-refractivity contribution in [3.8, 4) is 5.75 Å². The van der Waals surface area contributed by atoms with Crippen LogP contribution in [0.15, 0.2) is 36.4 Å². The largest absolute Gasteiger partial charge is 0.496 e. The number of fused-ring (bicyclic) bond motifs is 1. The Hall–Kier alpha value is -3.13. The van der Waals surface area contributed by atoms with Gasteiger partial charge in [0.05, 0.1) is 26.2 Å². The lowest BCUT2D eigenvalue weighted by atomic mass is 10.0. The molecule has 0 heterocycles. The second-order valence-electron chi connectivity index (χ2n) is 7.18. The number of carbonyl (C=O) groups is 3. The topological polar surface area (TPSA) is 123 Å². The van der Waals surface area contributed by atoms with Gasteiger partial charge in [0.2, 0.25) is 17.7 Å². The van der Waals surface area contributed by atoms with E-state index in [1.807, 2.05) is 44.2 Å². The molecule has 0 saturated heterocycles. The maximum absolute atomic E-state index is 12.1. The zero-order valence-corrected chi connectivity index (χ0v) is 17.0. The fraction of sp³-hybridized carbons (Fsp3) is 0.381. The Kier molecular flexibility index (Phi) is 7.97. The van der Waals surface area contributed by atoms with Crippen molar-refractivity contribution in [2.24, 2.45) is 11.7 Å². The number of nitrogens with one attached hydrogen (secondary N) is 3. The summed E-state index contributed by atoms with van der Waals surface area (Å²) in [5, 5.41) is 9.53. The second-order valence-corrected chi connectivity index (χ2v) is 7.18. The second kappa shape index (κ2) is 10.4. The summed E-state index contributed by atoms with van der Waals surface area (Å²) >= 11 is 0. The number of anilines is 1. The van der Waals surface area contributed by atoms with Crippen LogP contribution in [0.1, 0.15) is 20.3 Å². The minimum atomic E-state index is -0.658. The first-order valence-corrected chi connectivity index (χ1v) is 9.46. The summed E-state index contributed by atoms with van der Waals surface area (Å²) in [6.45, 7) is 3.47. The predicted molar refractivity (Wildman–Crippen MR) is 113 cm³/mol. The smallest absolute Gasteiger partial charge is 0.243 e. The summed E-state index contributed by atoms with van der Waals surface area (Å²) in [5.41, 5.74) is 6.32. The van der Waals surface area contributed by atoms with Gasteiger partial charge in [-0.1, -0.05) is 38.1 Å². The summed E-state index contributed by atoms with van der Waals surface area (Å²) in [4.78, 5) is 35.8. The van der Waals surface area contributed by atoms with E-state index in [0.29, 0.717) is 17.9 Å². The van der Waals surface area contributed by atoms with Gasteiger partial charge in [0.25, 0.3) is 0 Å². The van der Waals surface area contributed by atoms with E-state index >= 15 is 0 Å². The molecule has 0 saturated carbocycles. The lowest BCUT2D eigenvalue weighted by molar-refractivity contribution is -0.127. The van der Waals surface area contributed by atoms with Crippen LogP contribution in [0, 0.1) is 5.92 Å². The van der Waals surface area contributed by atoms with Gasteiger partial charge in [-0.2, -0.15) is 0 Å². The van der Waals surface area contributed by atoms with Gasteiger partial charge < -0.3 is 26.4 Å². The van der Waals surface area contributed by atoms with E-state index in [2.05, 4.69) is 16.0 Å². The first-order chi connectivity index (χ1) is 13.8. The first kappa shape index (κ1) is 22.2. The molecule has 0 aliphatic carbocycles. The van der Waals surface area contributed by atoms with Gasteiger partial charge in [-0.3, -0.25) is 14.4 Å². The maximum atomic E-state index is 12.1. The number of ether oxygens (including phenoxy) is 1. The molecular formula is C21H28N4O4.